The van der Waals surface area contributed by atoms with Gasteiger partial charge in [0, 0.05) is 22.3 Å². The van der Waals surface area contributed by atoms with Gasteiger partial charge in [0.1, 0.15) is 16.9 Å². The number of ether oxygens (including phenoxy) is 1. The molecule has 4 bridgehead atoms. The van der Waals surface area contributed by atoms with Crippen molar-refractivity contribution in [1.29, 1.82) is 0 Å². The van der Waals surface area contributed by atoms with Gasteiger partial charge < -0.3 is 4.74 Å². The SMILES string of the molecule is CCC1CC2CCCC(C2)c2cc(-c3cccc(C4(c5cccc(-c6ccc7c(c6)C6CCCC(CC7CC)C6)n5)c5cc(C(C)(C)C)ccc5Oc5ccc(C(C)(C)C)cc54)n3)ccc21. The minimum atomic E-state index is -0.886. The predicted octanol–water partition coefficient (Wildman–Crippen LogP) is 17.2. The summed E-state index contributed by atoms with van der Waals surface area (Å²) in [5, 5.41) is 0. The van der Waals surface area contributed by atoms with Crippen LogP contribution in [0.3, 0.4) is 0 Å². The minimum absolute atomic E-state index is 0.0918. The second kappa shape index (κ2) is 16.6. The van der Waals surface area contributed by atoms with Crippen LogP contribution >= 0.6 is 0 Å². The standard InChI is InChI=1S/C63H72N2O/c1-9-41-31-39-15-11-17-43(33-39)51-35-45(23-27-49(41)51)55-19-13-21-59(64-55)63(53-37-47(61(3,4)5)25-29-57(53)66-58-30-26-48(38-54(58)63)62(6,7)8)60-22-14-20-56(65-60)46-24-28-50-42(10-2)32-40-16-12-18-44(34-40)52(50)36-46/h13-14,19-30,35-44H,9-12,15-18,31-34H2,1-8H3. The van der Waals surface area contributed by atoms with E-state index in [-0.39, 0.29) is 10.8 Å². The van der Waals surface area contributed by atoms with Crippen LogP contribution in [0.1, 0.15) is 212 Å². The van der Waals surface area contributed by atoms with Crippen molar-refractivity contribution in [3.8, 4) is 34.0 Å². The molecule has 0 radical (unpaired) electrons. The van der Waals surface area contributed by atoms with Crippen molar-refractivity contribution < 1.29 is 4.74 Å². The molecule has 2 fully saturated rings. The molecule has 0 amide bonds. The maximum absolute atomic E-state index is 7.05. The Morgan fingerprint density at radius 3 is 1.38 bits per heavy atom. The zero-order valence-electron chi connectivity index (χ0n) is 41.1. The van der Waals surface area contributed by atoms with Crippen LogP contribution in [0.25, 0.3) is 22.5 Å². The van der Waals surface area contributed by atoms with Crippen LogP contribution in [0.4, 0.5) is 0 Å². The number of nitrogens with zero attached hydrogens (tertiary/aromatic N) is 2. The van der Waals surface area contributed by atoms with Crippen molar-refractivity contribution in [3.05, 3.63) is 165 Å². The first kappa shape index (κ1) is 43.5. The van der Waals surface area contributed by atoms with Gasteiger partial charge in [0.2, 0.25) is 0 Å². The Balaban J connectivity index is 1.15. The molecule has 3 nitrogen and oxygen atoms in total. The normalized spacial score (nSPS) is 24.1. The van der Waals surface area contributed by atoms with E-state index in [0.717, 1.165) is 57.2 Å². The summed E-state index contributed by atoms with van der Waals surface area (Å²) in [7, 11) is 0. The summed E-state index contributed by atoms with van der Waals surface area (Å²) in [4.78, 5) is 11.8. The summed E-state index contributed by atoms with van der Waals surface area (Å²) in [5.41, 5.74) is 16.4. The number of benzene rings is 4. The van der Waals surface area contributed by atoms with E-state index in [0.29, 0.717) is 23.7 Å². The van der Waals surface area contributed by atoms with E-state index in [9.17, 15) is 0 Å². The van der Waals surface area contributed by atoms with Gasteiger partial charge >= 0.3 is 0 Å². The molecular formula is C63H72N2O. The molecule has 4 aliphatic carbocycles. The molecule has 1 aliphatic heterocycles. The first-order valence-electron chi connectivity index (χ1n) is 26.0. The molecule has 2 saturated carbocycles. The second-order valence-electron chi connectivity index (χ2n) is 23.4. The van der Waals surface area contributed by atoms with Crippen molar-refractivity contribution in [1.82, 2.24) is 9.97 Å². The molecule has 6 aromatic rings. The third-order valence-electron chi connectivity index (χ3n) is 17.3. The van der Waals surface area contributed by atoms with Crippen LogP contribution in [-0.4, -0.2) is 9.97 Å². The molecule has 6 atom stereocenters. The van der Waals surface area contributed by atoms with Crippen LogP contribution in [0.2, 0.25) is 0 Å². The summed E-state index contributed by atoms with van der Waals surface area (Å²) in [5.74, 6) is 5.97. The fourth-order valence-corrected chi connectivity index (χ4v) is 13.6. The van der Waals surface area contributed by atoms with Gasteiger partial charge in [0.15, 0.2) is 0 Å². The third kappa shape index (κ3) is 7.46. The lowest BCUT2D eigenvalue weighted by Crippen LogP contribution is -2.37. The topological polar surface area (TPSA) is 35.0 Å². The maximum atomic E-state index is 7.05. The highest BCUT2D eigenvalue weighted by atomic mass is 16.5. The predicted molar refractivity (Wildman–Crippen MR) is 273 cm³/mol. The lowest BCUT2D eigenvalue weighted by atomic mass is 9.65. The number of rotatable bonds is 6. The second-order valence-corrected chi connectivity index (χ2v) is 23.4. The van der Waals surface area contributed by atoms with E-state index in [1.807, 2.05) is 0 Å². The Morgan fingerprint density at radius 2 is 0.955 bits per heavy atom. The van der Waals surface area contributed by atoms with Crippen LogP contribution in [0.15, 0.2) is 109 Å². The largest absolute Gasteiger partial charge is 0.457 e. The summed E-state index contributed by atoms with van der Waals surface area (Å²) < 4.78 is 7.05. The highest BCUT2D eigenvalue weighted by molar-refractivity contribution is 5.72. The van der Waals surface area contributed by atoms with Crippen LogP contribution < -0.4 is 4.74 Å². The van der Waals surface area contributed by atoms with Gasteiger partial charge in [-0.3, -0.25) is 9.97 Å². The number of fused-ring (bicyclic) bond motifs is 10. The average Bonchev–Trinajstić information content (AvgIpc) is 3.50. The Labute approximate surface area is 396 Å². The zero-order valence-corrected chi connectivity index (χ0v) is 41.1. The van der Waals surface area contributed by atoms with E-state index in [2.05, 4.69) is 165 Å². The molecule has 3 heterocycles. The third-order valence-corrected chi connectivity index (χ3v) is 17.3. The van der Waals surface area contributed by atoms with Crippen molar-refractivity contribution in [3.63, 3.8) is 0 Å². The van der Waals surface area contributed by atoms with Crippen molar-refractivity contribution >= 4 is 0 Å². The number of hydrogen-bond acceptors (Lipinski definition) is 3. The Kier molecular flexibility index (Phi) is 11.0. The van der Waals surface area contributed by atoms with Gasteiger partial charge in [-0.05, 0) is 192 Å². The molecule has 4 aromatic carbocycles. The van der Waals surface area contributed by atoms with Gasteiger partial charge in [-0.2, -0.15) is 0 Å². The smallest absolute Gasteiger partial charge is 0.132 e. The molecule has 340 valence electrons. The monoisotopic (exact) mass is 873 g/mol. The van der Waals surface area contributed by atoms with Crippen LogP contribution in [0.5, 0.6) is 11.5 Å². The molecule has 0 saturated heterocycles. The van der Waals surface area contributed by atoms with Gasteiger partial charge in [-0.25, -0.2) is 0 Å². The van der Waals surface area contributed by atoms with E-state index >= 15 is 0 Å². The van der Waals surface area contributed by atoms with E-state index in [4.69, 9.17) is 14.7 Å². The molecular weight excluding hydrogens is 801 g/mol. The Morgan fingerprint density at radius 1 is 0.500 bits per heavy atom. The quantitative estimate of drug-likeness (QED) is 0.167. The van der Waals surface area contributed by atoms with Crippen LogP contribution in [-0.2, 0) is 16.2 Å². The highest BCUT2D eigenvalue weighted by Gasteiger charge is 2.49. The summed E-state index contributed by atoms with van der Waals surface area (Å²) in [6, 6.07) is 42.1. The lowest BCUT2D eigenvalue weighted by molar-refractivity contribution is 0.303. The molecule has 0 spiro atoms. The molecule has 11 rings (SSSR count). The highest BCUT2D eigenvalue weighted by Crippen LogP contribution is 2.57. The van der Waals surface area contributed by atoms with Gasteiger partial charge in [-0.1, -0.05) is 130 Å². The Bertz CT molecular complexity index is 2610. The number of aromatic nitrogens is 2. The molecule has 66 heavy (non-hydrogen) atoms. The number of hydrogen-bond donors (Lipinski definition) is 0. The zero-order chi connectivity index (χ0) is 45.5. The maximum Gasteiger partial charge on any atom is 0.132 e. The Hall–Kier alpha value is -5.02. The molecule has 0 N–H and O–H groups in total. The van der Waals surface area contributed by atoms with Crippen molar-refractivity contribution in [2.24, 2.45) is 11.8 Å². The minimum Gasteiger partial charge on any atom is -0.457 e. The fraction of sp³-hybridized carbons (Fsp3) is 0.460. The van der Waals surface area contributed by atoms with Crippen molar-refractivity contribution in [2.45, 2.75) is 172 Å². The summed E-state index contributed by atoms with van der Waals surface area (Å²) >= 11 is 0. The first-order valence-corrected chi connectivity index (χ1v) is 26.0. The molecule has 6 unspecified atom stereocenters. The van der Waals surface area contributed by atoms with E-state index in [1.54, 1.807) is 22.3 Å². The fourth-order valence-electron chi connectivity index (χ4n) is 13.6. The lowest BCUT2D eigenvalue weighted by Gasteiger charge is -2.41. The van der Waals surface area contributed by atoms with Crippen molar-refractivity contribution in [2.75, 3.05) is 0 Å². The number of pyridine rings is 2. The summed E-state index contributed by atoms with van der Waals surface area (Å²) in [6.45, 7) is 18.7. The summed E-state index contributed by atoms with van der Waals surface area (Å²) in [6.07, 6.45) is 15.8. The van der Waals surface area contributed by atoms with E-state index in [1.165, 1.54) is 99.3 Å². The molecule has 2 aromatic heterocycles. The van der Waals surface area contributed by atoms with Crippen LogP contribution in [0, 0.1) is 11.8 Å². The van der Waals surface area contributed by atoms with Gasteiger partial charge in [0.25, 0.3) is 0 Å². The van der Waals surface area contributed by atoms with Gasteiger partial charge in [-0.15, -0.1) is 0 Å². The molecule has 5 aliphatic rings. The van der Waals surface area contributed by atoms with E-state index < -0.39 is 5.41 Å². The molecule has 3 heteroatoms. The first-order chi connectivity index (χ1) is 31.8. The van der Waals surface area contributed by atoms with Gasteiger partial charge in [0.05, 0.1) is 22.8 Å². The average molecular weight is 873 g/mol.